The van der Waals surface area contributed by atoms with Crippen LogP contribution in [0.15, 0.2) is 48.7 Å². The molecule has 0 aliphatic heterocycles. The van der Waals surface area contributed by atoms with Gasteiger partial charge in [0, 0.05) is 25.8 Å². The third kappa shape index (κ3) is 6.98. The summed E-state index contributed by atoms with van der Waals surface area (Å²) in [7, 11) is 0. The van der Waals surface area contributed by atoms with Crippen LogP contribution in [0.5, 0.6) is 5.75 Å². The molecular formula is C17H20F3N3O2. The molecule has 0 fully saturated rings. The summed E-state index contributed by atoms with van der Waals surface area (Å²) in [6.07, 6.45) is -4.25. The fourth-order valence-electron chi connectivity index (χ4n) is 1.98. The third-order valence-electron chi connectivity index (χ3n) is 3.26. The van der Waals surface area contributed by atoms with Crippen molar-refractivity contribution in [2.75, 3.05) is 31.6 Å². The first kappa shape index (κ1) is 19.0. The zero-order valence-corrected chi connectivity index (χ0v) is 13.5. The van der Waals surface area contributed by atoms with Gasteiger partial charge in [0.25, 0.3) is 0 Å². The Bertz CT molecular complexity index is 621. The first-order chi connectivity index (χ1) is 11.9. The molecule has 1 heterocycles. The molecule has 1 atom stereocenters. The predicted molar refractivity (Wildman–Crippen MR) is 88.5 cm³/mol. The molecule has 0 spiro atoms. The molecule has 0 radical (unpaired) electrons. The second kappa shape index (κ2) is 9.24. The molecule has 25 heavy (non-hydrogen) atoms. The maximum absolute atomic E-state index is 12.4. The van der Waals surface area contributed by atoms with E-state index in [4.69, 9.17) is 4.74 Å². The van der Waals surface area contributed by atoms with Gasteiger partial charge in [-0.1, -0.05) is 18.2 Å². The number of halogens is 3. The van der Waals surface area contributed by atoms with E-state index in [1.165, 1.54) is 6.07 Å². The zero-order valence-electron chi connectivity index (χ0n) is 13.5. The van der Waals surface area contributed by atoms with Gasteiger partial charge in [0.05, 0.1) is 5.56 Å². The summed E-state index contributed by atoms with van der Waals surface area (Å²) in [5.41, 5.74) is -0.780. The van der Waals surface area contributed by atoms with Crippen LogP contribution in [0.1, 0.15) is 5.56 Å². The van der Waals surface area contributed by atoms with Gasteiger partial charge < -0.3 is 20.5 Å². The van der Waals surface area contributed by atoms with Crippen molar-refractivity contribution in [3.63, 3.8) is 0 Å². The molecule has 2 rings (SSSR count). The molecule has 0 bridgehead atoms. The van der Waals surface area contributed by atoms with Gasteiger partial charge in [0.2, 0.25) is 0 Å². The van der Waals surface area contributed by atoms with Gasteiger partial charge in [-0.3, -0.25) is 0 Å². The highest BCUT2D eigenvalue weighted by molar-refractivity contribution is 5.36. The van der Waals surface area contributed by atoms with E-state index in [9.17, 15) is 18.3 Å². The summed E-state index contributed by atoms with van der Waals surface area (Å²) in [4.78, 5) is 3.71. The molecule has 2 aromatic rings. The second-order valence-corrected chi connectivity index (χ2v) is 5.34. The minimum atomic E-state index is -4.38. The fraction of sp³-hybridized carbons (Fsp3) is 0.353. The number of anilines is 1. The van der Waals surface area contributed by atoms with Crippen LogP contribution in [0, 0.1) is 0 Å². The third-order valence-corrected chi connectivity index (χ3v) is 3.26. The van der Waals surface area contributed by atoms with Gasteiger partial charge in [-0.05, 0) is 24.3 Å². The lowest BCUT2D eigenvalue weighted by Crippen LogP contribution is -2.34. The molecule has 8 heteroatoms. The minimum absolute atomic E-state index is 0.172. The van der Waals surface area contributed by atoms with Crippen molar-refractivity contribution in [1.82, 2.24) is 10.3 Å². The van der Waals surface area contributed by atoms with E-state index >= 15 is 0 Å². The molecule has 0 saturated carbocycles. The first-order valence-corrected chi connectivity index (χ1v) is 7.79. The number of hydrogen-bond acceptors (Lipinski definition) is 5. The van der Waals surface area contributed by atoms with Crippen LogP contribution < -0.4 is 15.4 Å². The number of aliphatic hydroxyl groups is 1. The van der Waals surface area contributed by atoms with Gasteiger partial charge in [0.1, 0.15) is 24.3 Å². The van der Waals surface area contributed by atoms with E-state index in [0.29, 0.717) is 31.2 Å². The molecule has 1 aromatic carbocycles. The largest absolute Gasteiger partial charge is 0.491 e. The van der Waals surface area contributed by atoms with Gasteiger partial charge in [0.15, 0.2) is 0 Å². The highest BCUT2D eigenvalue weighted by Crippen LogP contribution is 2.28. The van der Waals surface area contributed by atoms with Crippen molar-refractivity contribution >= 4 is 5.82 Å². The Balaban J connectivity index is 1.58. The summed E-state index contributed by atoms with van der Waals surface area (Å²) < 4.78 is 42.7. The van der Waals surface area contributed by atoms with Gasteiger partial charge in [-0.25, -0.2) is 4.98 Å². The van der Waals surface area contributed by atoms with Crippen LogP contribution in [0.3, 0.4) is 0 Å². The molecular weight excluding hydrogens is 335 g/mol. The molecule has 0 amide bonds. The molecule has 0 unspecified atom stereocenters. The molecule has 5 nitrogen and oxygen atoms in total. The predicted octanol–water partition coefficient (Wildman–Crippen LogP) is 2.54. The smallest absolute Gasteiger partial charge is 0.417 e. The Morgan fingerprint density at radius 1 is 1.08 bits per heavy atom. The lowest BCUT2D eigenvalue weighted by atomic mass is 10.3. The van der Waals surface area contributed by atoms with Crippen molar-refractivity contribution in [3.8, 4) is 5.75 Å². The standard InChI is InChI=1S/C17H20F3N3O2/c18-17(19,20)13-6-7-16(23-10-13)22-9-8-21-11-14(24)12-25-15-4-2-1-3-5-15/h1-7,10,14,21,24H,8-9,11-12H2,(H,22,23)/t14-/m1/s1. The number of nitrogens with one attached hydrogen (secondary N) is 2. The number of para-hydroxylation sites is 1. The normalized spacial score (nSPS) is 12.6. The summed E-state index contributed by atoms with van der Waals surface area (Å²) in [6.45, 7) is 1.50. The highest BCUT2D eigenvalue weighted by Gasteiger charge is 2.30. The molecule has 1 aromatic heterocycles. The lowest BCUT2D eigenvalue weighted by Gasteiger charge is -2.13. The van der Waals surface area contributed by atoms with Gasteiger partial charge in [-0.15, -0.1) is 0 Å². The molecule has 0 aliphatic carbocycles. The monoisotopic (exact) mass is 355 g/mol. The van der Waals surface area contributed by atoms with Gasteiger partial charge >= 0.3 is 6.18 Å². The molecule has 0 saturated heterocycles. The summed E-state index contributed by atoms with van der Waals surface area (Å²) >= 11 is 0. The van der Waals surface area contributed by atoms with Crippen LogP contribution in [0.2, 0.25) is 0 Å². The molecule has 0 aliphatic rings. The van der Waals surface area contributed by atoms with Crippen LogP contribution in [0.25, 0.3) is 0 Å². The summed E-state index contributed by atoms with van der Waals surface area (Å²) in [5, 5.41) is 15.7. The lowest BCUT2D eigenvalue weighted by molar-refractivity contribution is -0.137. The average Bonchev–Trinajstić information content (AvgIpc) is 2.60. The van der Waals surface area contributed by atoms with Crippen LogP contribution in [0.4, 0.5) is 19.0 Å². The Morgan fingerprint density at radius 3 is 2.48 bits per heavy atom. The van der Waals surface area contributed by atoms with Crippen LogP contribution >= 0.6 is 0 Å². The molecule has 3 N–H and O–H groups in total. The Morgan fingerprint density at radius 2 is 1.84 bits per heavy atom. The zero-order chi connectivity index (χ0) is 18.1. The van der Waals surface area contributed by atoms with Crippen molar-refractivity contribution < 1.29 is 23.0 Å². The van der Waals surface area contributed by atoms with Crippen molar-refractivity contribution in [2.24, 2.45) is 0 Å². The summed E-state index contributed by atoms with van der Waals surface area (Å²) in [6, 6.07) is 11.5. The van der Waals surface area contributed by atoms with E-state index in [1.54, 1.807) is 12.1 Å². The van der Waals surface area contributed by atoms with E-state index < -0.39 is 17.8 Å². The second-order valence-electron chi connectivity index (χ2n) is 5.34. The van der Waals surface area contributed by atoms with Crippen LogP contribution in [-0.2, 0) is 6.18 Å². The number of alkyl halides is 3. The maximum atomic E-state index is 12.4. The minimum Gasteiger partial charge on any atom is -0.491 e. The fourth-order valence-corrected chi connectivity index (χ4v) is 1.98. The van der Waals surface area contributed by atoms with E-state index in [0.717, 1.165) is 12.3 Å². The number of ether oxygens (including phenoxy) is 1. The number of hydrogen-bond donors (Lipinski definition) is 3. The van der Waals surface area contributed by atoms with E-state index in [-0.39, 0.29) is 6.61 Å². The van der Waals surface area contributed by atoms with Crippen molar-refractivity contribution in [1.29, 1.82) is 0 Å². The average molecular weight is 355 g/mol. The summed E-state index contributed by atoms with van der Waals surface area (Å²) in [5.74, 6) is 1.05. The maximum Gasteiger partial charge on any atom is 0.417 e. The topological polar surface area (TPSA) is 66.4 Å². The number of benzene rings is 1. The van der Waals surface area contributed by atoms with E-state index in [2.05, 4.69) is 15.6 Å². The number of aliphatic hydroxyl groups excluding tert-OH is 1. The van der Waals surface area contributed by atoms with Crippen molar-refractivity contribution in [3.05, 3.63) is 54.2 Å². The van der Waals surface area contributed by atoms with Crippen molar-refractivity contribution in [2.45, 2.75) is 12.3 Å². The number of aromatic nitrogens is 1. The highest BCUT2D eigenvalue weighted by atomic mass is 19.4. The van der Waals surface area contributed by atoms with Crippen LogP contribution in [-0.4, -0.2) is 42.4 Å². The van der Waals surface area contributed by atoms with E-state index in [1.807, 2.05) is 18.2 Å². The number of nitrogens with zero attached hydrogens (tertiary/aromatic N) is 1. The Kier molecular flexibility index (Phi) is 7.03. The van der Waals surface area contributed by atoms with Gasteiger partial charge in [-0.2, -0.15) is 13.2 Å². The molecule has 136 valence electrons. The Hall–Kier alpha value is -2.32. The first-order valence-electron chi connectivity index (χ1n) is 7.79. The SMILES string of the molecule is O[C@H](CNCCNc1ccc(C(F)(F)F)cn1)COc1ccccc1. The Labute approximate surface area is 143 Å². The number of rotatable bonds is 9. The number of pyridine rings is 1. The quantitative estimate of drug-likeness (QED) is 0.603.